The summed E-state index contributed by atoms with van der Waals surface area (Å²) in [5.41, 5.74) is 1.31. The standard InChI is InChI=1S/C18H15F2N5O2/c19-12-4-7-16(15(20)9-12)27-10-17(26)21-13-3-1-2-11(8-13)18-22-23-24-25(18)14-5-6-14/h1-4,7-9,14H,5-6,10H2,(H,21,26). The molecule has 2 aromatic carbocycles. The number of nitrogens with zero attached hydrogens (tertiary/aromatic N) is 4. The topological polar surface area (TPSA) is 81.9 Å². The molecule has 1 amide bonds. The Morgan fingerprint density at radius 1 is 1.22 bits per heavy atom. The van der Waals surface area contributed by atoms with E-state index in [-0.39, 0.29) is 5.75 Å². The molecule has 9 heteroatoms. The van der Waals surface area contributed by atoms with Gasteiger partial charge in [-0.15, -0.1) is 5.10 Å². The van der Waals surface area contributed by atoms with E-state index < -0.39 is 24.1 Å². The van der Waals surface area contributed by atoms with Gasteiger partial charge in [0.25, 0.3) is 5.91 Å². The molecule has 0 unspecified atom stereocenters. The molecule has 0 saturated heterocycles. The van der Waals surface area contributed by atoms with Crippen LogP contribution in [0.5, 0.6) is 5.75 Å². The molecule has 4 rings (SSSR count). The molecule has 3 aromatic rings. The van der Waals surface area contributed by atoms with Crippen molar-refractivity contribution in [2.45, 2.75) is 18.9 Å². The Morgan fingerprint density at radius 3 is 2.85 bits per heavy atom. The minimum atomic E-state index is -0.864. The van der Waals surface area contributed by atoms with Gasteiger partial charge >= 0.3 is 0 Å². The summed E-state index contributed by atoms with van der Waals surface area (Å²) >= 11 is 0. The molecule has 1 fully saturated rings. The minimum Gasteiger partial charge on any atom is -0.481 e. The number of tetrazole rings is 1. The maximum Gasteiger partial charge on any atom is 0.262 e. The van der Waals surface area contributed by atoms with Crippen molar-refractivity contribution < 1.29 is 18.3 Å². The Kier molecular flexibility index (Phi) is 4.49. The molecule has 0 aliphatic heterocycles. The highest BCUT2D eigenvalue weighted by atomic mass is 19.1. The first kappa shape index (κ1) is 17.1. The van der Waals surface area contributed by atoms with Crippen LogP contribution < -0.4 is 10.1 Å². The number of carbonyl (C=O) groups is 1. The zero-order valence-corrected chi connectivity index (χ0v) is 14.1. The highest BCUT2D eigenvalue weighted by Gasteiger charge is 2.28. The molecule has 0 radical (unpaired) electrons. The molecule has 1 saturated carbocycles. The molecule has 1 aliphatic rings. The third-order valence-electron chi connectivity index (χ3n) is 4.04. The van der Waals surface area contributed by atoms with E-state index >= 15 is 0 Å². The lowest BCUT2D eigenvalue weighted by Gasteiger charge is -2.09. The van der Waals surface area contributed by atoms with Gasteiger partial charge in [-0.2, -0.15) is 0 Å². The molecule has 0 atom stereocenters. The van der Waals surface area contributed by atoms with E-state index in [2.05, 4.69) is 20.8 Å². The zero-order chi connectivity index (χ0) is 18.8. The third-order valence-corrected chi connectivity index (χ3v) is 4.04. The SMILES string of the molecule is O=C(COc1ccc(F)cc1F)Nc1cccc(-c2nnnn2C2CC2)c1. The van der Waals surface area contributed by atoms with Crippen LogP contribution in [0.3, 0.4) is 0 Å². The highest BCUT2D eigenvalue weighted by molar-refractivity contribution is 5.92. The van der Waals surface area contributed by atoms with E-state index in [0.717, 1.165) is 30.5 Å². The summed E-state index contributed by atoms with van der Waals surface area (Å²) in [5.74, 6) is -1.61. The summed E-state index contributed by atoms with van der Waals surface area (Å²) < 4.78 is 33.3. The monoisotopic (exact) mass is 371 g/mol. The van der Waals surface area contributed by atoms with Crippen molar-refractivity contribution in [1.29, 1.82) is 0 Å². The van der Waals surface area contributed by atoms with Crippen molar-refractivity contribution in [3.8, 4) is 17.1 Å². The van der Waals surface area contributed by atoms with E-state index in [1.807, 2.05) is 6.07 Å². The number of hydrogen-bond acceptors (Lipinski definition) is 5. The highest BCUT2D eigenvalue weighted by Crippen LogP contribution is 2.36. The minimum absolute atomic E-state index is 0.191. The van der Waals surface area contributed by atoms with Crippen LogP contribution in [0, 0.1) is 11.6 Å². The van der Waals surface area contributed by atoms with Crippen LogP contribution in [-0.2, 0) is 4.79 Å². The van der Waals surface area contributed by atoms with Crippen LogP contribution in [0.25, 0.3) is 11.4 Å². The number of rotatable bonds is 6. The van der Waals surface area contributed by atoms with E-state index in [0.29, 0.717) is 23.6 Å². The number of aromatic nitrogens is 4. The van der Waals surface area contributed by atoms with E-state index in [1.165, 1.54) is 0 Å². The predicted octanol–water partition coefficient (Wildman–Crippen LogP) is 2.97. The molecule has 1 aromatic heterocycles. The molecule has 1 heterocycles. The molecular formula is C18H15F2N5O2. The Labute approximate surface area is 153 Å². The van der Waals surface area contributed by atoms with Gasteiger partial charge in [0, 0.05) is 17.3 Å². The summed E-state index contributed by atoms with van der Waals surface area (Å²) in [6.45, 7) is -0.410. The summed E-state index contributed by atoms with van der Waals surface area (Å²) in [6.07, 6.45) is 2.09. The van der Waals surface area contributed by atoms with Gasteiger partial charge in [0.05, 0.1) is 6.04 Å². The number of anilines is 1. The predicted molar refractivity (Wildman–Crippen MR) is 92.0 cm³/mol. The largest absolute Gasteiger partial charge is 0.481 e. The second kappa shape index (κ2) is 7.10. The average molecular weight is 371 g/mol. The summed E-state index contributed by atoms with van der Waals surface area (Å²) in [6, 6.07) is 10.3. The van der Waals surface area contributed by atoms with Crippen LogP contribution in [0.1, 0.15) is 18.9 Å². The van der Waals surface area contributed by atoms with Crippen LogP contribution in [0.2, 0.25) is 0 Å². The van der Waals surface area contributed by atoms with Gasteiger partial charge in [0.15, 0.2) is 24.0 Å². The van der Waals surface area contributed by atoms with Crippen molar-refractivity contribution in [3.63, 3.8) is 0 Å². The van der Waals surface area contributed by atoms with Crippen LogP contribution in [0.15, 0.2) is 42.5 Å². The van der Waals surface area contributed by atoms with Crippen molar-refractivity contribution in [3.05, 3.63) is 54.1 Å². The zero-order valence-electron chi connectivity index (χ0n) is 14.1. The average Bonchev–Trinajstić information content (AvgIpc) is 3.37. The van der Waals surface area contributed by atoms with Gasteiger partial charge in [-0.25, -0.2) is 13.5 Å². The molecule has 0 spiro atoms. The number of ether oxygens (including phenoxy) is 1. The van der Waals surface area contributed by atoms with Gasteiger partial charge in [0.2, 0.25) is 0 Å². The first-order chi connectivity index (χ1) is 13.1. The first-order valence-corrected chi connectivity index (χ1v) is 8.36. The van der Waals surface area contributed by atoms with Gasteiger partial charge in [-0.1, -0.05) is 12.1 Å². The Morgan fingerprint density at radius 2 is 2.07 bits per heavy atom. The van der Waals surface area contributed by atoms with Gasteiger partial charge < -0.3 is 10.1 Å². The van der Waals surface area contributed by atoms with Crippen LogP contribution in [0.4, 0.5) is 14.5 Å². The first-order valence-electron chi connectivity index (χ1n) is 8.36. The Bertz CT molecular complexity index is 987. The number of carbonyl (C=O) groups excluding carboxylic acids is 1. The summed E-state index contributed by atoms with van der Waals surface area (Å²) in [4.78, 5) is 12.1. The lowest BCUT2D eigenvalue weighted by Crippen LogP contribution is -2.20. The second-order valence-electron chi connectivity index (χ2n) is 6.17. The molecule has 0 bridgehead atoms. The van der Waals surface area contributed by atoms with Crippen molar-refractivity contribution in [2.24, 2.45) is 0 Å². The quantitative estimate of drug-likeness (QED) is 0.720. The smallest absolute Gasteiger partial charge is 0.262 e. The van der Waals surface area contributed by atoms with E-state index in [4.69, 9.17) is 4.74 Å². The van der Waals surface area contributed by atoms with Crippen molar-refractivity contribution in [1.82, 2.24) is 20.2 Å². The molecule has 138 valence electrons. The number of halogens is 2. The van der Waals surface area contributed by atoms with Crippen molar-refractivity contribution in [2.75, 3.05) is 11.9 Å². The summed E-state index contributed by atoms with van der Waals surface area (Å²) in [7, 11) is 0. The van der Waals surface area contributed by atoms with Crippen LogP contribution in [-0.4, -0.2) is 32.7 Å². The van der Waals surface area contributed by atoms with E-state index in [9.17, 15) is 13.6 Å². The lowest BCUT2D eigenvalue weighted by molar-refractivity contribution is -0.118. The molecule has 1 aliphatic carbocycles. The van der Waals surface area contributed by atoms with Gasteiger partial charge in [-0.3, -0.25) is 4.79 Å². The number of amides is 1. The fourth-order valence-electron chi connectivity index (χ4n) is 2.62. The number of hydrogen-bond donors (Lipinski definition) is 1. The number of nitrogens with one attached hydrogen (secondary N) is 1. The van der Waals surface area contributed by atoms with Crippen LogP contribution >= 0.6 is 0 Å². The molecule has 7 nitrogen and oxygen atoms in total. The third kappa shape index (κ3) is 3.91. The molecular weight excluding hydrogens is 356 g/mol. The van der Waals surface area contributed by atoms with Gasteiger partial charge in [0.1, 0.15) is 5.82 Å². The fourth-order valence-corrected chi connectivity index (χ4v) is 2.62. The fraction of sp³-hybridized carbons (Fsp3) is 0.222. The Balaban J connectivity index is 1.42. The maximum atomic E-state index is 13.5. The number of benzene rings is 2. The lowest BCUT2D eigenvalue weighted by atomic mass is 10.2. The van der Waals surface area contributed by atoms with E-state index in [1.54, 1.807) is 22.9 Å². The normalized spacial score (nSPS) is 13.4. The maximum absolute atomic E-state index is 13.5. The van der Waals surface area contributed by atoms with Gasteiger partial charge in [-0.05, 0) is 47.5 Å². The molecule has 1 N–H and O–H groups in total. The summed E-state index contributed by atoms with van der Waals surface area (Å²) in [5, 5.41) is 14.5. The second-order valence-corrected chi connectivity index (χ2v) is 6.17. The van der Waals surface area contributed by atoms with Crippen molar-refractivity contribution >= 4 is 11.6 Å². The Hall–Kier alpha value is -3.36. The molecule has 27 heavy (non-hydrogen) atoms.